The molecule has 1 rings (SSSR count). The van der Waals surface area contributed by atoms with Crippen molar-refractivity contribution in [3.05, 3.63) is 17.5 Å². The molecule has 0 radical (unpaired) electrons. The summed E-state index contributed by atoms with van der Waals surface area (Å²) in [5.74, 6) is -0.506. The van der Waals surface area contributed by atoms with Gasteiger partial charge in [-0.3, -0.25) is 9.48 Å². The molecule has 5 heteroatoms. The number of primary amides is 1. The normalized spacial score (nSPS) is 10.4. The second-order valence-electron chi connectivity index (χ2n) is 3.19. The molecule has 3 N–H and O–H groups in total. The average molecular weight is 197 g/mol. The molecule has 0 unspecified atom stereocenters. The minimum atomic E-state index is -0.506. The lowest BCUT2D eigenvalue weighted by Gasteiger charge is -1.99. The lowest BCUT2D eigenvalue weighted by atomic mass is 10.2. The highest BCUT2D eigenvalue weighted by Crippen LogP contribution is 2.06. The number of carbonyl (C=O) groups is 1. The van der Waals surface area contributed by atoms with E-state index < -0.39 is 5.91 Å². The highest BCUT2D eigenvalue weighted by atomic mass is 16.2. The van der Waals surface area contributed by atoms with Gasteiger partial charge in [-0.2, -0.15) is 5.10 Å². The van der Waals surface area contributed by atoms with Crippen LogP contribution in [0, 0.1) is 0 Å². The summed E-state index contributed by atoms with van der Waals surface area (Å²) in [5, 5.41) is 12.6. The van der Waals surface area contributed by atoms with Crippen LogP contribution in [0.2, 0.25) is 0 Å². The third-order valence-electron chi connectivity index (χ3n) is 2.07. The van der Waals surface area contributed by atoms with Gasteiger partial charge in [0.15, 0.2) is 0 Å². The largest absolute Gasteiger partial charge is 0.396 e. The molecule has 0 atom stereocenters. The van der Waals surface area contributed by atoms with Crippen molar-refractivity contribution in [3.63, 3.8) is 0 Å². The number of amides is 1. The molecule has 0 spiro atoms. The van der Waals surface area contributed by atoms with E-state index >= 15 is 0 Å². The number of aliphatic hydroxyl groups is 1. The van der Waals surface area contributed by atoms with Gasteiger partial charge in [0.05, 0.1) is 0 Å². The van der Waals surface area contributed by atoms with Crippen LogP contribution in [0.15, 0.2) is 6.07 Å². The summed E-state index contributed by atoms with van der Waals surface area (Å²) >= 11 is 0. The maximum Gasteiger partial charge on any atom is 0.269 e. The Labute approximate surface area is 82.5 Å². The number of carbonyl (C=O) groups excluding carboxylic acids is 1. The van der Waals surface area contributed by atoms with Gasteiger partial charge in [-0.15, -0.1) is 0 Å². The van der Waals surface area contributed by atoms with Crippen molar-refractivity contribution in [1.82, 2.24) is 9.78 Å². The Balaban J connectivity index is 2.63. The molecule has 0 saturated heterocycles. The monoisotopic (exact) mass is 197 g/mol. The number of aromatic nitrogens is 2. The molecule has 0 aliphatic heterocycles. The molecule has 1 aromatic heterocycles. The van der Waals surface area contributed by atoms with Crippen molar-refractivity contribution in [2.75, 3.05) is 6.61 Å². The summed E-state index contributed by atoms with van der Waals surface area (Å²) in [6.45, 7) is 0.195. The van der Waals surface area contributed by atoms with Gasteiger partial charge in [-0.1, -0.05) is 0 Å². The molecular formula is C9H15N3O2. The molecule has 0 aromatic carbocycles. The van der Waals surface area contributed by atoms with Crippen LogP contribution in [0.3, 0.4) is 0 Å². The van der Waals surface area contributed by atoms with E-state index in [2.05, 4.69) is 5.10 Å². The van der Waals surface area contributed by atoms with E-state index in [0.717, 1.165) is 25.0 Å². The Hall–Kier alpha value is -1.36. The van der Waals surface area contributed by atoms with Crippen LogP contribution < -0.4 is 5.73 Å². The van der Waals surface area contributed by atoms with E-state index in [0.29, 0.717) is 5.69 Å². The van der Waals surface area contributed by atoms with Crippen LogP contribution in [-0.4, -0.2) is 27.4 Å². The number of hydrogen-bond acceptors (Lipinski definition) is 3. The SMILES string of the molecule is Cn1nc(C(N)=O)cc1CCCCO. The van der Waals surface area contributed by atoms with Crippen LogP contribution in [0.4, 0.5) is 0 Å². The highest BCUT2D eigenvalue weighted by Gasteiger charge is 2.08. The van der Waals surface area contributed by atoms with E-state index in [1.165, 1.54) is 0 Å². The highest BCUT2D eigenvalue weighted by molar-refractivity contribution is 5.90. The molecule has 5 nitrogen and oxygen atoms in total. The topological polar surface area (TPSA) is 81.1 Å². The summed E-state index contributed by atoms with van der Waals surface area (Å²) in [6, 6.07) is 1.69. The summed E-state index contributed by atoms with van der Waals surface area (Å²) in [6.07, 6.45) is 2.45. The van der Waals surface area contributed by atoms with Crippen LogP contribution in [0.5, 0.6) is 0 Å². The van der Waals surface area contributed by atoms with E-state index in [-0.39, 0.29) is 6.61 Å². The molecule has 1 heterocycles. The Bertz CT molecular complexity index is 320. The maximum absolute atomic E-state index is 10.8. The Morgan fingerprint density at radius 2 is 2.36 bits per heavy atom. The molecular weight excluding hydrogens is 182 g/mol. The van der Waals surface area contributed by atoms with Crippen molar-refractivity contribution in [2.24, 2.45) is 12.8 Å². The summed E-state index contributed by atoms with van der Waals surface area (Å²) in [4.78, 5) is 10.8. The van der Waals surface area contributed by atoms with Gasteiger partial charge >= 0.3 is 0 Å². The molecule has 0 saturated carbocycles. The number of unbranched alkanes of at least 4 members (excludes halogenated alkanes) is 1. The van der Waals surface area contributed by atoms with Crippen molar-refractivity contribution >= 4 is 5.91 Å². The minimum absolute atomic E-state index is 0.195. The van der Waals surface area contributed by atoms with Gasteiger partial charge < -0.3 is 10.8 Å². The fourth-order valence-electron chi connectivity index (χ4n) is 1.28. The number of nitrogens with zero attached hydrogens (tertiary/aromatic N) is 2. The van der Waals surface area contributed by atoms with E-state index in [1.807, 2.05) is 0 Å². The molecule has 0 bridgehead atoms. The standard InChI is InChI=1S/C9H15N3O2/c1-12-7(4-2-3-5-13)6-8(11-12)9(10)14/h6,13H,2-5H2,1H3,(H2,10,14). The molecule has 78 valence electrons. The molecule has 0 fully saturated rings. The fraction of sp³-hybridized carbons (Fsp3) is 0.556. The van der Waals surface area contributed by atoms with Crippen molar-refractivity contribution in [3.8, 4) is 0 Å². The van der Waals surface area contributed by atoms with Crippen LogP contribution in [-0.2, 0) is 13.5 Å². The Kier molecular flexibility index (Phi) is 3.64. The predicted molar refractivity (Wildman–Crippen MR) is 51.7 cm³/mol. The zero-order valence-electron chi connectivity index (χ0n) is 8.23. The molecule has 0 aliphatic carbocycles. The second-order valence-corrected chi connectivity index (χ2v) is 3.19. The Morgan fingerprint density at radius 1 is 1.64 bits per heavy atom. The lowest BCUT2D eigenvalue weighted by Crippen LogP contribution is -2.11. The maximum atomic E-state index is 10.8. The van der Waals surface area contributed by atoms with Crippen molar-refractivity contribution in [2.45, 2.75) is 19.3 Å². The first-order chi connectivity index (χ1) is 6.65. The van der Waals surface area contributed by atoms with Crippen LogP contribution in [0.1, 0.15) is 29.0 Å². The van der Waals surface area contributed by atoms with Gasteiger partial charge in [0.2, 0.25) is 0 Å². The average Bonchev–Trinajstić information content (AvgIpc) is 2.49. The van der Waals surface area contributed by atoms with E-state index in [9.17, 15) is 4.79 Å². The number of rotatable bonds is 5. The van der Waals surface area contributed by atoms with Crippen LogP contribution in [0.25, 0.3) is 0 Å². The first-order valence-electron chi connectivity index (χ1n) is 4.58. The molecule has 14 heavy (non-hydrogen) atoms. The van der Waals surface area contributed by atoms with Crippen molar-refractivity contribution < 1.29 is 9.90 Å². The quantitative estimate of drug-likeness (QED) is 0.643. The first kappa shape index (κ1) is 10.7. The third kappa shape index (κ3) is 2.56. The molecule has 1 amide bonds. The van der Waals surface area contributed by atoms with Crippen molar-refractivity contribution in [1.29, 1.82) is 0 Å². The van der Waals surface area contributed by atoms with Gasteiger partial charge in [-0.25, -0.2) is 0 Å². The van der Waals surface area contributed by atoms with E-state index in [1.54, 1.807) is 17.8 Å². The summed E-state index contributed by atoms with van der Waals surface area (Å²) < 4.78 is 1.65. The number of aryl methyl sites for hydroxylation is 2. The zero-order chi connectivity index (χ0) is 10.6. The number of nitrogens with two attached hydrogens (primary N) is 1. The van der Waals surface area contributed by atoms with Gasteiger partial charge in [0, 0.05) is 19.3 Å². The minimum Gasteiger partial charge on any atom is -0.396 e. The number of aliphatic hydroxyl groups excluding tert-OH is 1. The predicted octanol–water partition coefficient (Wildman–Crippen LogP) is -0.166. The van der Waals surface area contributed by atoms with Gasteiger partial charge in [0.1, 0.15) is 5.69 Å². The Morgan fingerprint density at radius 3 is 2.86 bits per heavy atom. The summed E-state index contributed by atoms with van der Waals surface area (Å²) in [5.41, 5.74) is 6.36. The van der Waals surface area contributed by atoms with Gasteiger partial charge in [-0.05, 0) is 25.3 Å². The summed E-state index contributed by atoms with van der Waals surface area (Å²) in [7, 11) is 1.78. The smallest absolute Gasteiger partial charge is 0.269 e. The molecule has 1 aromatic rings. The van der Waals surface area contributed by atoms with Crippen LogP contribution >= 0.6 is 0 Å². The number of hydrogen-bond donors (Lipinski definition) is 2. The molecule has 0 aliphatic rings. The zero-order valence-corrected chi connectivity index (χ0v) is 8.23. The van der Waals surface area contributed by atoms with E-state index in [4.69, 9.17) is 10.8 Å². The third-order valence-corrected chi connectivity index (χ3v) is 2.07. The van der Waals surface area contributed by atoms with Gasteiger partial charge in [0.25, 0.3) is 5.91 Å². The first-order valence-corrected chi connectivity index (χ1v) is 4.58. The lowest BCUT2D eigenvalue weighted by molar-refractivity contribution is 0.0995. The second kappa shape index (κ2) is 4.76. The fourth-order valence-corrected chi connectivity index (χ4v) is 1.28.